The van der Waals surface area contributed by atoms with Gasteiger partial charge in [-0.15, -0.1) is 0 Å². The number of hydrogen-bond donors (Lipinski definition) is 1. The first-order valence-electron chi connectivity index (χ1n) is 8.65. The van der Waals surface area contributed by atoms with Crippen LogP contribution in [0.25, 0.3) is 0 Å². The maximum atomic E-state index is 13.3. The first-order chi connectivity index (χ1) is 12.1. The molecule has 4 nitrogen and oxygen atoms in total. The van der Waals surface area contributed by atoms with Crippen molar-refractivity contribution < 1.29 is 18.8 Å². The molecule has 4 rings (SSSR count). The van der Waals surface area contributed by atoms with Crippen LogP contribution in [0.2, 0.25) is 0 Å². The van der Waals surface area contributed by atoms with E-state index in [1.165, 1.54) is 12.1 Å². The van der Waals surface area contributed by atoms with Crippen LogP contribution in [0, 0.1) is 5.82 Å². The second kappa shape index (κ2) is 6.15. The summed E-state index contributed by atoms with van der Waals surface area (Å²) in [5.41, 5.74) is 0.619. The van der Waals surface area contributed by atoms with Crippen LogP contribution in [0.15, 0.2) is 48.5 Å². The molecule has 25 heavy (non-hydrogen) atoms. The summed E-state index contributed by atoms with van der Waals surface area (Å²) in [6.07, 6.45) is 3.08. The number of anilines is 1. The van der Waals surface area contributed by atoms with Gasteiger partial charge in [0.05, 0.1) is 13.7 Å². The first kappa shape index (κ1) is 16.1. The Hall–Kier alpha value is -2.40. The van der Waals surface area contributed by atoms with E-state index in [1.54, 1.807) is 19.2 Å². The van der Waals surface area contributed by atoms with Crippen molar-refractivity contribution in [1.29, 1.82) is 0 Å². The third-order valence-corrected chi connectivity index (χ3v) is 5.17. The smallest absolute Gasteiger partial charge is 0.271 e. The number of halogens is 1. The maximum absolute atomic E-state index is 13.3. The van der Waals surface area contributed by atoms with E-state index in [4.69, 9.17) is 4.74 Å². The molecule has 0 radical (unpaired) electrons. The van der Waals surface area contributed by atoms with Crippen LogP contribution in [-0.2, 0) is 5.72 Å². The predicted molar refractivity (Wildman–Crippen MR) is 94.6 cm³/mol. The average Bonchev–Trinajstić information content (AvgIpc) is 2.97. The Morgan fingerprint density at radius 3 is 2.48 bits per heavy atom. The van der Waals surface area contributed by atoms with Gasteiger partial charge in [-0.1, -0.05) is 0 Å². The minimum Gasteiger partial charge on any atom is -0.497 e. The summed E-state index contributed by atoms with van der Waals surface area (Å²) in [6.45, 7) is 1.23. The SMILES string of the molecule is COc1ccc(N2C[C@@](O)(c3ccc(F)cc3)[N+]3=C2CCCC3)cc1. The molecular formula is C20H22FN2O2+. The van der Waals surface area contributed by atoms with E-state index in [9.17, 15) is 9.50 Å². The van der Waals surface area contributed by atoms with E-state index in [2.05, 4.69) is 9.48 Å². The van der Waals surface area contributed by atoms with Gasteiger partial charge in [0.25, 0.3) is 11.6 Å². The van der Waals surface area contributed by atoms with Crippen LogP contribution >= 0.6 is 0 Å². The standard InChI is InChI=1S/C20H22FN2O2/c1-25-18-11-9-17(10-12-18)22-14-20(24,15-5-7-16(21)8-6-15)23-13-3-2-4-19(22)23/h5-12,24H,2-4,13-14H2,1H3/q+1/t20-/m1/s1. The number of β-amino-alcohol motifs (C(OH)–C–C–N with tert-alkyl or cyclic N) is 1. The molecule has 5 heteroatoms. The summed E-state index contributed by atoms with van der Waals surface area (Å²) in [6, 6.07) is 14.1. The van der Waals surface area contributed by atoms with Gasteiger partial charge in [0.2, 0.25) is 0 Å². The molecule has 2 aliphatic heterocycles. The minimum absolute atomic E-state index is 0.291. The quantitative estimate of drug-likeness (QED) is 0.872. The highest BCUT2D eigenvalue weighted by atomic mass is 19.1. The summed E-state index contributed by atoms with van der Waals surface area (Å²) >= 11 is 0. The molecule has 0 saturated carbocycles. The lowest BCUT2D eigenvalue weighted by Crippen LogP contribution is -2.41. The number of methoxy groups -OCH3 is 1. The van der Waals surface area contributed by atoms with Crippen molar-refractivity contribution >= 4 is 11.5 Å². The van der Waals surface area contributed by atoms with E-state index in [1.807, 2.05) is 24.3 Å². The fourth-order valence-corrected chi connectivity index (χ4v) is 3.86. The Morgan fingerprint density at radius 1 is 1.08 bits per heavy atom. The highest BCUT2D eigenvalue weighted by Gasteiger charge is 2.52. The molecule has 2 aromatic rings. The molecule has 130 valence electrons. The number of aliphatic hydroxyl groups is 1. The number of benzene rings is 2. The normalized spacial score (nSPS) is 22.9. The zero-order valence-electron chi connectivity index (χ0n) is 14.3. The summed E-state index contributed by atoms with van der Waals surface area (Å²) in [5.74, 6) is 1.64. The van der Waals surface area contributed by atoms with E-state index in [0.29, 0.717) is 6.54 Å². The van der Waals surface area contributed by atoms with Crippen molar-refractivity contribution in [3.63, 3.8) is 0 Å². The van der Waals surface area contributed by atoms with Crippen LogP contribution in [0.1, 0.15) is 24.8 Å². The second-order valence-corrected chi connectivity index (χ2v) is 6.63. The Balaban J connectivity index is 1.75. The van der Waals surface area contributed by atoms with E-state index < -0.39 is 5.72 Å². The van der Waals surface area contributed by atoms with Gasteiger partial charge in [-0.05, 0) is 61.4 Å². The lowest BCUT2D eigenvalue weighted by molar-refractivity contribution is -0.661. The van der Waals surface area contributed by atoms with E-state index in [-0.39, 0.29) is 5.82 Å². The molecule has 2 aromatic carbocycles. The number of amidine groups is 1. The molecule has 0 bridgehead atoms. The molecule has 1 atom stereocenters. The van der Waals surface area contributed by atoms with Crippen molar-refractivity contribution in [3.8, 4) is 5.75 Å². The lowest BCUT2D eigenvalue weighted by Gasteiger charge is -2.24. The van der Waals surface area contributed by atoms with Gasteiger partial charge in [0, 0.05) is 12.0 Å². The maximum Gasteiger partial charge on any atom is 0.271 e. The van der Waals surface area contributed by atoms with Crippen molar-refractivity contribution in [2.24, 2.45) is 0 Å². The highest BCUT2D eigenvalue weighted by Crippen LogP contribution is 2.36. The predicted octanol–water partition coefficient (Wildman–Crippen LogP) is 3.09. The Kier molecular flexibility index (Phi) is 3.96. The molecule has 0 unspecified atom stereocenters. The first-order valence-corrected chi connectivity index (χ1v) is 8.65. The van der Waals surface area contributed by atoms with Crippen molar-refractivity contribution in [2.45, 2.75) is 25.0 Å². The minimum atomic E-state index is -1.14. The summed E-state index contributed by atoms with van der Waals surface area (Å²) in [7, 11) is 1.65. The molecule has 0 fully saturated rings. The van der Waals surface area contributed by atoms with Gasteiger partial charge in [-0.2, -0.15) is 0 Å². The summed E-state index contributed by atoms with van der Waals surface area (Å²) in [5, 5.41) is 11.5. The molecule has 2 aliphatic rings. The molecule has 1 N–H and O–H groups in total. The van der Waals surface area contributed by atoms with E-state index >= 15 is 0 Å². The Morgan fingerprint density at radius 2 is 1.80 bits per heavy atom. The van der Waals surface area contributed by atoms with E-state index in [0.717, 1.165) is 48.6 Å². The van der Waals surface area contributed by atoms with Crippen LogP contribution in [0.3, 0.4) is 0 Å². The van der Waals surface area contributed by atoms with Crippen molar-refractivity contribution in [3.05, 3.63) is 59.9 Å². The van der Waals surface area contributed by atoms with Gasteiger partial charge in [-0.3, -0.25) is 0 Å². The van der Waals surface area contributed by atoms with Crippen LogP contribution in [0.5, 0.6) is 5.75 Å². The van der Waals surface area contributed by atoms with Crippen LogP contribution in [-0.4, -0.2) is 35.7 Å². The van der Waals surface area contributed by atoms with Gasteiger partial charge >= 0.3 is 0 Å². The Bertz CT molecular complexity index is 801. The third kappa shape index (κ3) is 2.68. The largest absolute Gasteiger partial charge is 0.497 e. The Labute approximate surface area is 146 Å². The fourth-order valence-electron chi connectivity index (χ4n) is 3.86. The third-order valence-electron chi connectivity index (χ3n) is 5.17. The van der Waals surface area contributed by atoms with Gasteiger partial charge in [-0.25, -0.2) is 13.9 Å². The lowest BCUT2D eigenvalue weighted by atomic mass is 10.0. The summed E-state index contributed by atoms with van der Waals surface area (Å²) < 4.78 is 20.6. The van der Waals surface area contributed by atoms with Gasteiger partial charge in [0.15, 0.2) is 6.54 Å². The van der Waals surface area contributed by atoms with Crippen LogP contribution < -0.4 is 9.64 Å². The second-order valence-electron chi connectivity index (χ2n) is 6.63. The molecule has 0 saturated heterocycles. The van der Waals surface area contributed by atoms with Gasteiger partial charge in [0.1, 0.15) is 17.3 Å². The van der Waals surface area contributed by atoms with Crippen LogP contribution in [0.4, 0.5) is 10.1 Å². The topological polar surface area (TPSA) is 35.7 Å². The molecule has 2 heterocycles. The number of hydrogen-bond acceptors (Lipinski definition) is 3. The fraction of sp³-hybridized carbons (Fsp3) is 0.350. The molecular weight excluding hydrogens is 319 g/mol. The molecule has 0 aliphatic carbocycles. The van der Waals surface area contributed by atoms with Gasteiger partial charge < -0.3 is 9.84 Å². The number of nitrogens with zero attached hydrogens (tertiary/aromatic N) is 2. The highest BCUT2D eigenvalue weighted by molar-refractivity contribution is 5.96. The zero-order valence-corrected chi connectivity index (χ0v) is 14.3. The molecule has 0 aromatic heterocycles. The molecule has 0 amide bonds. The monoisotopic (exact) mass is 341 g/mol. The summed E-state index contributed by atoms with van der Waals surface area (Å²) in [4.78, 5) is 2.17. The van der Waals surface area contributed by atoms with Crippen molar-refractivity contribution in [2.75, 3.05) is 25.1 Å². The number of ether oxygens (including phenoxy) is 1. The van der Waals surface area contributed by atoms with Crippen molar-refractivity contribution in [1.82, 2.24) is 0 Å². The molecule has 0 spiro atoms. The zero-order chi connectivity index (χ0) is 17.4. The average molecular weight is 341 g/mol. The number of rotatable bonds is 3.